The lowest BCUT2D eigenvalue weighted by Crippen LogP contribution is -2.14. The van der Waals surface area contributed by atoms with E-state index in [1.54, 1.807) is 24.7 Å². The van der Waals surface area contributed by atoms with Crippen LogP contribution in [0.2, 0.25) is 0 Å². The fourth-order valence-corrected chi connectivity index (χ4v) is 2.94. The molecule has 0 amide bonds. The average molecular weight is 393 g/mol. The molecular formula is C16H18F3N9. The predicted molar refractivity (Wildman–Crippen MR) is 95.0 cm³/mol. The van der Waals surface area contributed by atoms with Crippen molar-refractivity contribution >= 4 is 17.5 Å². The molecule has 1 saturated heterocycles. The van der Waals surface area contributed by atoms with E-state index < -0.39 is 11.7 Å². The van der Waals surface area contributed by atoms with Crippen LogP contribution in [0.4, 0.5) is 30.6 Å². The number of hydrogen-bond donors (Lipinski definition) is 4. The van der Waals surface area contributed by atoms with Crippen molar-refractivity contribution < 1.29 is 13.2 Å². The fraction of sp³-hybridized carbons (Fsp3) is 0.375. The van der Waals surface area contributed by atoms with Crippen LogP contribution in [0, 0.1) is 0 Å². The first kappa shape index (κ1) is 18.2. The number of halogens is 3. The maximum atomic E-state index is 13.3. The number of nitrogens with one attached hydrogen (secondary N) is 4. The Bertz CT molecular complexity index is 914. The molecule has 0 bridgehead atoms. The molecule has 4 rings (SSSR count). The van der Waals surface area contributed by atoms with E-state index in [0.29, 0.717) is 11.4 Å². The molecule has 1 fully saturated rings. The van der Waals surface area contributed by atoms with Crippen LogP contribution in [0.25, 0.3) is 0 Å². The van der Waals surface area contributed by atoms with E-state index in [1.165, 1.54) is 0 Å². The van der Waals surface area contributed by atoms with Gasteiger partial charge in [-0.1, -0.05) is 0 Å². The first-order valence-corrected chi connectivity index (χ1v) is 8.68. The second-order valence-corrected chi connectivity index (χ2v) is 6.35. The summed E-state index contributed by atoms with van der Waals surface area (Å²) < 4.78 is 41.6. The molecule has 4 N–H and O–H groups in total. The van der Waals surface area contributed by atoms with Crippen LogP contribution >= 0.6 is 0 Å². The zero-order valence-electron chi connectivity index (χ0n) is 14.7. The Labute approximate surface area is 157 Å². The molecule has 12 heteroatoms. The normalized spacial score (nSPS) is 17.0. The highest BCUT2D eigenvalue weighted by atomic mass is 19.4. The summed E-state index contributed by atoms with van der Waals surface area (Å²) in [5.74, 6) is -0.276. The lowest BCUT2D eigenvalue weighted by molar-refractivity contribution is -0.137. The predicted octanol–water partition coefficient (Wildman–Crippen LogP) is 2.31. The van der Waals surface area contributed by atoms with Crippen LogP contribution in [0.1, 0.15) is 23.7 Å². The molecule has 1 unspecified atom stereocenters. The van der Waals surface area contributed by atoms with Gasteiger partial charge < -0.3 is 16.0 Å². The van der Waals surface area contributed by atoms with Crippen LogP contribution in [-0.4, -0.2) is 43.0 Å². The fourth-order valence-electron chi connectivity index (χ4n) is 2.94. The summed E-state index contributed by atoms with van der Waals surface area (Å²) in [6, 6.07) is 1.92. The van der Waals surface area contributed by atoms with Gasteiger partial charge in [0.2, 0.25) is 5.95 Å². The van der Waals surface area contributed by atoms with E-state index in [4.69, 9.17) is 0 Å². The summed E-state index contributed by atoms with van der Waals surface area (Å²) in [6.45, 7) is 1.86. The lowest BCUT2D eigenvalue weighted by Gasteiger charge is -2.14. The quantitative estimate of drug-likeness (QED) is 0.509. The summed E-state index contributed by atoms with van der Waals surface area (Å²) in [6.07, 6.45) is 2.12. The van der Waals surface area contributed by atoms with Crippen LogP contribution in [0.3, 0.4) is 0 Å². The second-order valence-electron chi connectivity index (χ2n) is 6.35. The van der Waals surface area contributed by atoms with Gasteiger partial charge >= 0.3 is 6.18 Å². The van der Waals surface area contributed by atoms with E-state index in [9.17, 15) is 13.2 Å². The minimum absolute atomic E-state index is 0.0432. The Morgan fingerprint density at radius 1 is 1.29 bits per heavy atom. The number of nitrogens with zero attached hydrogens (tertiary/aromatic N) is 5. The van der Waals surface area contributed by atoms with Crippen molar-refractivity contribution in [3.05, 3.63) is 42.1 Å². The Hall–Kier alpha value is -3.15. The zero-order chi connectivity index (χ0) is 19.6. The largest absolute Gasteiger partial charge is 0.421 e. The summed E-state index contributed by atoms with van der Waals surface area (Å²) in [7, 11) is 0. The van der Waals surface area contributed by atoms with Gasteiger partial charge in [-0.15, -0.1) is 0 Å². The smallest absolute Gasteiger partial charge is 0.364 e. The SMILES string of the molecule is FC(F)(F)c1cnc(Nc2cnn(C3CCNC3)c2)nc1NCc1cc[nH]n1. The first-order valence-electron chi connectivity index (χ1n) is 8.68. The van der Waals surface area contributed by atoms with Gasteiger partial charge in [0.15, 0.2) is 0 Å². The maximum Gasteiger partial charge on any atom is 0.421 e. The molecule has 0 spiro atoms. The molecule has 1 aliphatic rings. The second kappa shape index (κ2) is 7.46. The molecule has 0 saturated carbocycles. The van der Waals surface area contributed by atoms with Gasteiger partial charge in [0.1, 0.15) is 11.4 Å². The molecule has 28 heavy (non-hydrogen) atoms. The van der Waals surface area contributed by atoms with Crippen molar-refractivity contribution in [1.29, 1.82) is 0 Å². The Morgan fingerprint density at radius 2 is 2.18 bits per heavy atom. The number of aromatic nitrogens is 6. The number of rotatable bonds is 6. The molecule has 0 aromatic carbocycles. The average Bonchev–Trinajstić information content (AvgIpc) is 3.41. The van der Waals surface area contributed by atoms with Gasteiger partial charge in [-0.2, -0.15) is 28.4 Å². The van der Waals surface area contributed by atoms with Crippen LogP contribution in [0.15, 0.2) is 30.9 Å². The number of hydrogen-bond acceptors (Lipinski definition) is 7. The third-order valence-electron chi connectivity index (χ3n) is 4.36. The van der Waals surface area contributed by atoms with Gasteiger partial charge in [-0.25, -0.2) is 4.98 Å². The van der Waals surface area contributed by atoms with Crippen LogP contribution in [-0.2, 0) is 12.7 Å². The van der Waals surface area contributed by atoms with Crippen molar-refractivity contribution in [1.82, 2.24) is 35.3 Å². The molecule has 3 aromatic rings. The molecule has 4 heterocycles. The molecule has 148 valence electrons. The summed E-state index contributed by atoms with van der Waals surface area (Å²) in [4.78, 5) is 7.80. The number of anilines is 3. The molecule has 0 radical (unpaired) electrons. The van der Waals surface area contributed by atoms with E-state index in [-0.39, 0.29) is 24.4 Å². The van der Waals surface area contributed by atoms with Gasteiger partial charge in [0.25, 0.3) is 0 Å². The molecule has 9 nitrogen and oxygen atoms in total. The van der Waals surface area contributed by atoms with Gasteiger partial charge in [-0.05, 0) is 19.0 Å². The highest BCUT2D eigenvalue weighted by molar-refractivity contribution is 5.55. The van der Waals surface area contributed by atoms with E-state index >= 15 is 0 Å². The van der Waals surface area contributed by atoms with Crippen molar-refractivity contribution in [2.24, 2.45) is 0 Å². The topological polar surface area (TPSA) is 108 Å². The third-order valence-corrected chi connectivity index (χ3v) is 4.36. The Balaban J connectivity index is 1.53. The summed E-state index contributed by atoms with van der Waals surface area (Å²) in [5.41, 5.74) is 0.221. The highest BCUT2D eigenvalue weighted by Gasteiger charge is 2.35. The zero-order valence-corrected chi connectivity index (χ0v) is 14.7. The summed E-state index contributed by atoms with van der Waals surface area (Å²) >= 11 is 0. The number of alkyl halides is 3. The van der Waals surface area contributed by atoms with Crippen molar-refractivity contribution in [2.75, 3.05) is 23.7 Å². The number of H-pyrrole nitrogens is 1. The van der Waals surface area contributed by atoms with Crippen LogP contribution in [0.5, 0.6) is 0 Å². The van der Waals surface area contributed by atoms with E-state index in [2.05, 4.69) is 41.2 Å². The first-order chi connectivity index (χ1) is 13.5. The van der Waals surface area contributed by atoms with Crippen LogP contribution < -0.4 is 16.0 Å². The van der Waals surface area contributed by atoms with Gasteiger partial charge in [0.05, 0.1) is 30.2 Å². The Morgan fingerprint density at radius 3 is 2.89 bits per heavy atom. The van der Waals surface area contributed by atoms with E-state index in [1.807, 2.05) is 4.68 Å². The molecule has 0 aliphatic carbocycles. The Kier molecular flexibility index (Phi) is 4.86. The standard InChI is InChI=1S/C16H18F3N9/c17-16(18,19)13-8-22-15(26-14(13)21-5-10-1-4-23-27-10)25-11-6-24-28(9-11)12-2-3-20-7-12/h1,4,6,8-9,12,20H,2-3,5,7H2,(H,23,27)(H2,21,22,25,26). The maximum absolute atomic E-state index is 13.3. The summed E-state index contributed by atoms with van der Waals surface area (Å²) in [5, 5.41) is 19.6. The molecule has 1 atom stereocenters. The molecular weight excluding hydrogens is 375 g/mol. The molecule has 1 aliphatic heterocycles. The van der Waals surface area contributed by atoms with Crippen molar-refractivity contribution in [3.8, 4) is 0 Å². The minimum Gasteiger partial charge on any atom is -0.364 e. The third kappa shape index (κ3) is 4.06. The molecule has 3 aromatic heterocycles. The minimum atomic E-state index is -4.58. The van der Waals surface area contributed by atoms with Gasteiger partial charge in [0, 0.05) is 25.1 Å². The highest BCUT2D eigenvalue weighted by Crippen LogP contribution is 2.34. The van der Waals surface area contributed by atoms with Gasteiger partial charge in [-0.3, -0.25) is 9.78 Å². The monoisotopic (exact) mass is 393 g/mol. The lowest BCUT2D eigenvalue weighted by atomic mass is 10.3. The van der Waals surface area contributed by atoms with Crippen molar-refractivity contribution in [3.63, 3.8) is 0 Å². The number of aromatic amines is 1. The van der Waals surface area contributed by atoms with Crippen molar-refractivity contribution in [2.45, 2.75) is 25.2 Å². The van der Waals surface area contributed by atoms with E-state index in [0.717, 1.165) is 25.7 Å².